The minimum atomic E-state index is -0.163. The summed E-state index contributed by atoms with van der Waals surface area (Å²) in [5.74, 6) is -0.163. The molecule has 0 saturated carbocycles. The molecular formula is C8H12N2O. The van der Waals surface area contributed by atoms with E-state index >= 15 is 0 Å². The van der Waals surface area contributed by atoms with Gasteiger partial charge in [0.1, 0.15) is 0 Å². The van der Waals surface area contributed by atoms with Crippen LogP contribution >= 0.6 is 0 Å². The molecule has 11 heavy (non-hydrogen) atoms. The average molecular weight is 152 g/mol. The number of carbonyl (C=O) groups excluding carboxylic acids is 1. The first-order valence-corrected chi connectivity index (χ1v) is 3.23. The molecule has 0 heterocycles. The van der Waals surface area contributed by atoms with Crippen LogP contribution in [0.15, 0.2) is 29.4 Å². The third-order valence-electron chi connectivity index (χ3n) is 0.853. The molecule has 0 aliphatic carbocycles. The van der Waals surface area contributed by atoms with E-state index in [1.165, 1.54) is 12.3 Å². The highest BCUT2D eigenvalue weighted by atomic mass is 16.1. The Balaban J connectivity index is 3.77. The highest BCUT2D eigenvalue weighted by Crippen LogP contribution is 1.81. The van der Waals surface area contributed by atoms with Gasteiger partial charge in [0, 0.05) is 25.5 Å². The van der Waals surface area contributed by atoms with E-state index in [0.717, 1.165) is 5.57 Å². The number of amides is 1. The maximum atomic E-state index is 10.6. The van der Waals surface area contributed by atoms with E-state index in [2.05, 4.69) is 16.9 Å². The summed E-state index contributed by atoms with van der Waals surface area (Å²) in [5, 5.41) is 2.43. The molecule has 3 heteroatoms. The summed E-state index contributed by atoms with van der Waals surface area (Å²) in [5.41, 5.74) is 0.853. The van der Waals surface area contributed by atoms with Gasteiger partial charge in [-0.2, -0.15) is 0 Å². The number of allylic oxidation sites excluding steroid dienone is 1. The van der Waals surface area contributed by atoms with E-state index < -0.39 is 0 Å². The summed E-state index contributed by atoms with van der Waals surface area (Å²) in [6, 6.07) is 0. The smallest absolute Gasteiger partial charge is 0.245 e. The zero-order valence-electron chi connectivity index (χ0n) is 6.79. The van der Waals surface area contributed by atoms with Crippen LogP contribution in [0.2, 0.25) is 0 Å². The van der Waals surface area contributed by atoms with E-state index in [4.69, 9.17) is 0 Å². The van der Waals surface area contributed by atoms with E-state index in [9.17, 15) is 4.79 Å². The quantitative estimate of drug-likeness (QED) is 0.473. The first-order chi connectivity index (χ1) is 5.16. The topological polar surface area (TPSA) is 41.5 Å². The van der Waals surface area contributed by atoms with Gasteiger partial charge in [-0.05, 0) is 12.5 Å². The van der Waals surface area contributed by atoms with Crippen molar-refractivity contribution < 1.29 is 4.79 Å². The Labute approximate surface area is 66.5 Å². The second-order valence-electron chi connectivity index (χ2n) is 2.05. The lowest BCUT2D eigenvalue weighted by atomic mass is 10.4. The highest BCUT2D eigenvalue weighted by Gasteiger charge is 1.83. The monoisotopic (exact) mass is 152 g/mol. The molecule has 0 rings (SSSR count). The van der Waals surface area contributed by atoms with E-state index in [0.29, 0.717) is 0 Å². The number of rotatable bonds is 3. The number of nitrogens with zero attached hydrogens (tertiary/aromatic N) is 1. The summed E-state index contributed by atoms with van der Waals surface area (Å²) < 4.78 is 0. The predicted molar refractivity (Wildman–Crippen MR) is 46.5 cm³/mol. The summed E-state index contributed by atoms with van der Waals surface area (Å²) in [4.78, 5) is 14.4. The van der Waals surface area contributed by atoms with Gasteiger partial charge < -0.3 is 5.32 Å². The fourth-order valence-electron chi connectivity index (χ4n) is 0.364. The maximum Gasteiger partial charge on any atom is 0.245 e. The first kappa shape index (κ1) is 9.62. The van der Waals surface area contributed by atoms with Crippen LogP contribution in [0.4, 0.5) is 0 Å². The van der Waals surface area contributed by atoms with Gasteiger partial charge in [-0.25, -0.2) is 0 Å². The van der Waals surface area contributed by atoms with Crippen LogP contribution in [0.1, 0.15) is 6.92 Å². The number of aliphatic imine (C=N–C) groups is 1. The molecule has 0 fully saturated rings. The highest BCUT2D eigenvalue weighted by molar-refractivity contribution is 5.87. The molecule has 0 atom stereocenters. The van der Waals surface area contributed by atoms with Crippen LogP contribution in [-0.4, -0.2) is 19.2 Å². The van der Waals surface area contributed by atoms with Gasteiger partial charge in [-0.3, -0.25) is 9.79 Å². The zero-order valence-corrected chi connectivity index (χ0v) is 6.79. The SMILES string of the molecule is C=C(C)/C=N\C=C\C(=O)NC. The van der Waals surface area contributed by atoms with Crippen molar-refractivity contribution in [3.05, 3.63) is 24.4 Å². The lowest BCUT2D eigenvalue weighted by Crippen LogP contribution is -2.13. The summed E-state index contributed by atoms with van der Waals surface area (Å²) in [7, 11) is 1.56. The number of nitrogens with one attached hydrogen (secondary N) is 1. The molecule has 0 aliphatic heterocycles. The Hall–Kier alpha value is -1.38. The molecule has 3 nitrogen and oxygen atoms in total. The van der Waals surface area contributed by atoms with E-state index in [1.54, 1.807) is 13.3 Å². The fraction of sp³-hybridized carbons (Fsp3) is 0.250. The summed E-state index contributed by atoms with van der Waals surface area (Å²) in [6.45, 7) is 5.44. The van der Waals surface area contributed by atoms with Crippen LogP contribution in [0.5, 0.6) is 0 Å². The standard InChI is InChI=1S/C8H12N2O/c1-7(2)6-10-5-4-8(11)9-3/h4-6H,1H2,2-3H3,(H,9,11)/b5-4+,10-6-. The molecular weight excluding hydrogens is 140 g/mol. The lowest BCUT2D eigenvalue weighted by Gasteiger charge is -1.86. The van der Waals surface area contributed by atoms with Crippen molar-refractivity contribution in [1.29, 1.82) is 0 Å². The van der Waals surface area contributed by atoms with E-state index in [1.807, 2.05) is 6.92 Å². The van der Waals surface area contributed by atoms with Crippen molar-refractivity contribution in [3.8, 4) is 0 Å². The third kappa shape index (κ3) is 6.51. The minimum Gasteiger partial charge on any atom is -0.356 e. The van der Waals surface area contributed by atoms with E-state index in [-0.39, 0.29) is 5.91 Å². The number of hydrogen-bond donors (Lipinski definition) is 1. The van der Waals surface area contributed by atoms with Crippen LogP contribution in [0.3, 0.4) is 0 Å². The average Bonchev–Trinajstić information content (AvgIpc) is 1.97. The van der Waals surface area contributed by atoms with Gasteiger partial charge in [0.25, 0.3) is 0 Å². The third-order valence-corrected chi connectivity index (χ3v) is 0.853. The Bertz CT molecular complexity index is 204. The first-order valence-electron chi connectivity index (χ1n) is 3.23. The molecule has 0 spiro atoms. The minimum absolute atomic E-state index is 0.163. The van der Waals surface area contributed by atoms with Crippen LogP contribution < -0.4 is 5.32 Å². The fourth-order valence-corrected chi connectivity index (χ4v) is 0.364. The molecule has 1 N–H and O–H groups in total. The summed E-state index contributed by atoms with van der Waals surface area (Å²) in [6.07, 6.45) is 4.35. The second kappa shape index (κ2) is 5.41. The van der Waals surface area contributed by atoms with Crippen molar-refractivity contribution in [2.75, 3.05) is 7.05 Å². The molecule has 0 aromatic rings. The Morgan fingerprint density at radius 3 is 2.73 bits per heavy atom. The molecule has 0 unspecified atom stereocenters. The Kier molecular flexibility index (Phi) is 4.73. The maximum absolute atomic E-state index is 10.6. The van der Waals surface area contributed by atoms with Gasteiger partial charge >= 0.3 is 0 Å². The van der Waals surface area contributed by atoms with Crippen molar-refractivity contribution in [2.45, 2.75) is 6.92 Å². The number of likely N-dealkylation sites (N-methyl/N-ethyl adjacent to an activating group) is 1. The lowest BCUT2D eigenvalue weighted by molar-refractivity contribution is -0.116. The molecule has 0 aromatic carbocycles. The van der Waals surface area contributed by atoms with Crippen molar-refractivity contribution in [3.63, 3.8) is 0 Å². The number of carbonyl (C=O) groups is 1. The van der Waals surface area contributed by atoms with Crippen molar-refractivity contribution in [1.82, 2.24) is 5.32 Å². The molecule has 0 bridgehead atoms. The predicted octanol–water partition coefficient (Wildman–Crippen LogP) is 0.893. The zero-order chi connectivity index (χ0) is 8.69. The van der Waals surface area contributed by atoms with Gasteiger partial charge in [0.15, 0.2) is 0 Å². The van der Waals surface area contributed by atoms with Crippen LogP contribution in [-0.2, 0) is 4.79 Å². The van der Waals surface area contributed by atoms with Crippen LogP contribution in [0, 0.1) is 0 Å². The van der Waals surface area contributed by atoms with Crippen molar-refractivity contribution in [2.24, 2.45) is 4.99 Å². The van der Waals surface area contributed by atoms with Gasteiger partial charge in [-0.15, -0.1) is 0 Å². The Morgan fingerprint density at radius 1 is 1.64 bits per heavy atom. The van der Waals surface area contributed by atoms with Gasteiger partial charge in [-0.1, -0.05) is 6.58 Å². The Morgan fingerprint density at radius 2 is 2.27 bits per heavy atom. The van der Waals surface area contributed by atoms with Gasteiger partial charge in [0.2, 0.25) is 5.91 Å². The van der Waals surface area contributed by atoms with Crippen molar-refractivity contribution >= 4 is 12.1 Å². The molecule has 0 saturated heterocycles. The second-order valence-corrected chi connectivity index (χ2v) is 2.05. The van der Waals surface area contributed by atoms with Gasteiger partial charge in [0.05, 0.1) is 0 Å². The number of hydrogen-bond acceptors (Lipinski definition) is 2. The van der Waals surface area contributed by atoms with Crippen LogP contribution in [0.25, 0.3) is 0 Å². The molecule has 0 aliphatic rings. The molecule has 60 valence electrons. The normalized spacial score (nSPS) is 10.7. The molecule has 0 aromatic heterocycles. The largest absolute Gasteiger partial charge is 0.356 e. The molecule has 1 amide bonds. The molecule has 0 radical (unpaired) electrons. The summed E-state index contributed by atoms with van der Waals surface area (Å²) >= 11 is 0.